The predicted molar refractivity (Wildman–Crippen MR) is 75.0 cm³/mol. The third-order valence-corrected chi connectivity index (χ3v) is 4.99. The van der Waals surface area contributed by atoms with Gasteiger partial charge in [0, 0.05) is 11.1 Å². The zero-order valence-corrected chi connectivity index (χ0v) is 11.7. The number of nitrogens with two attached hydrogens (primary N) is 2. The van der Waals surface area contributed by atoms with E-state index in [4.69, 9.17) is 16.6 Å². The molecule has 0 unspecified atom stereocenters. The second-order valence-corrected chi connectivity index (χ2v) is 6.47. The lowest BCUT2D eigenvalue weighted by Gasteiger charge is -2.50. The van der Waals surface area contributed by atoms with E-state index in [2.05, 4.69) is 5.32 Å². The van der Waals surface area contributed by atoms with Crippen molar-refractivity contribution in [2.24, 2.45) is 11.5 Å². The highest BCUT2D eigenvalue weighted by Gasteiger charge is 2.48. The lowest BCUT2D eigenvalue weighted by Crippen LogP contribution is -2.72. The van der Waals surface area contributed by atoms with E-state index in [1.165, 1.54) is 12.8 Å². The third-order valence-electron chi connectivity index (χ3n) is 4.99. The fraction of sp³-hybridized carbons (Fsp3) is 0.929. The molecular weight excluding hydrogens is 242 g/mol. The Labute approximate surface area is 115 Å². The van der Waals surface area contributed by atoms with Gasteiger partial charge in [-0.1, -0.05) is 38.5 Å². The van der Waals surface area contributed by atoms with E-state index in [1.54, 1.807) is 0 Å². The second-order valence-electron chi connectivity index (χ2n) is 6.47. The van der Waals surface area contributed by atoms with Crippen LogP contribution in [0.5, 0.6) is 0 Å². The summed E-state index contributed by atoms with van der Waals surface area (Å²) in [5.74, 6) is 0. The van der Waals surface area contributed by atoms with Crippen LogP contribution in [0.3, 0.4) is 0 Å². The van der Waals surface area contributed by atoms with Gasteiger partial charge < -0.3 is 21.9 Å². The van der Waals surface area contributed by atoms with E-state index >= 15 is 0 Å². The molecular formula is C14H27N3O2. The molecule has 0 aromatic carbocycles. The highest BCUT2D eigenvalue weighted by atomic mass is 16.4. The fourth-order valence-electron chi connectivity index (χ4n) is 3.98. The summed E-state index contributed by atoms with van der Waals surface area (Å²) in [6.45, 7) is 0. The number of carbonyl (C=O) groups is 1. The van der Waals surface area contributed by atoms with Crippen LogP contribution in [0.25, 0.3) is 0 Å². The van der Waals surface area contributed by atoms with Crippen molar-refractivity contribution in [2.45, 2.75) is 81.3 Å². The SMILES string of the molecule is NC1(C(NC(=O)O)C2(N)CCCCC2)CCCCC1. The largest absolute Gasteiger partial charge is 0.465 e. The molecule has 0 spiro atoms. The maximum Gasteiger partial charge on any atom is 0.405 e. The van der Waals surface area contributed by atoms with E-state index in [-0.39, 0.29) is 6.04 Å². The number of hydrogen-bond donors (Lipinski definition) is 4. The van der Waals surface area contributed by atoms with Crippen LogP contribution in [0, 0.1) is 0 Å². The Balaban J connectivity index is 2.20. The van der Waals surface area contributed by atoms with Gasteiger partial charge in [0.2, 0.25) is 0 Å². The van der Waals surface area contributed by atoms with Gasteiger partial charge in [0.05, 0.1) is 6.04 Å². The average molecular weight is 269 g/mol. The number of nitrogens with one attached hydrogen (secondary N) is 1. The Morgan fingerprint density at radius 2 is 1.26 bits per heavy atom. The smallest absolute Gasteiger partial charge is 0.405 e. The molecule has 6 N–H and O–H groups in total. The molecule has 0 aromatic rings. The Morgan fingerprint density at radius 3 is 1.58 bits per heavy atom. The third kappa shape index (κ3) is 3.20. The summed E-state index contributed by atoms with van der Waals surface area (Å²) in [6, 6.07) is -0.321. The van der Waals surface area contributed by atoms with Gasteiger partial charge in [-0.25, -0.2) is 4.79 Å². The minimum Gasteiger partial charge on any atom is -0.465 e. The number of rotatable bonds is 3. The van der Waals surface area contributed by atoms with Crippen molar-refractivity contribution in [1.29, 1.82) is 0 Å². The lowest BCUT2D eigenvalue weighted by atomic mass is 9.65. The molecule has 2 saturated carbocycles. The summed E-state index contributed by atoms with van der Waals surface area (Å²) in [4.78, 5) is 11.2. The van der Waals surface area contributed by atoms with Crippen LogP contribution in [0.1, 0.15) is 64.2 Å². The van der Waals surface area contributed by atoms with Crippen LogP contribution in [0.4, 0.5) is 4.79 Å². The Hall–Kier alpha value is -0.810. The van der Waals surface area contributed by atoms with Gasteiger partial charge in [-0.15, -0.1) is 0 Å². The maximum absolute atomic E-state index is 11.2. The first kappa shape index (κ1) is 14.6. The van der Waals surface area contributed by atoms with Gasteiger partial charge in [0.15, 0.2) is 0 Å². The molecule has 110 valence electrons. The molecule has 0 bridgehead atoms. The maximum atomic E-state index is 11.2. The summed E-state index contributed by atoms with van der Waals surface area (Å²) >= 11 is 0. The first-order chi connectivity index (χ1) is 8.96. The van der Waals surface area contributed by atoms with Crippen molar-refractivity contribution in [3.05, 3.63) is 0 Å². The zero-order valence-electron chi connectivity index (χ0n) is 11.7. The lowest BCUT2D eigenvalue weighted by molar-refractivity contribution is 0.107. The second kappa shape index (κ2) is 5.67. The summed E-state index contributed by atoms with van der Waals surface area (Å²) in [6.07, 6.45) is 9.16. The summed E-state index contributed by atoms with van der Waals surface area (Å²) in [5, 5.41) is 11.8. The standard InChI is InChI=1S/C14H27N3O2/c15-13(7-3-1-4-8-13)11(17-12(18)19)14(16)9-5-2-6-10-14/h11,17H,1-10,15-16H2,(H,18,19). The molecule has 0 saturated heterocycles. The minimum absolute atomic E-state index is 0.321. The van der Waals surface area contributed by atoms with Gasteiger partial charge in [-0.2, -0.15) is 0 Å². The Kier molecular flexibility index (Phi) is 4.36. The van der Waals surface area contributed by atoms with E-state index in [1.807, 2.05) is 0 Å². The predicted octanol–water partition coefficient (Wildman–Crippen LogP) is 1.95. The normalized spacial score (nSPS) is 26.1. The van der Waals surface area contributed by atoms with Gasteiger partial charge in [0.1, 0.15) is 0 Å². The zero-order chi connectivity index (χ0) is 13.9. The highest BCUT2D eigenvalue weighted by Crippen LogP contribution is 2.38. The molecule has 2 aliphatic rings. The molecule has 0 aliphatic heterocycles. The molecule has 19 heavy (non-hydrogen) atoms. The summed E-state index contributed by atoms with van der Waals surface area (Å²) in [7, 11) is 0. The van der Waals surface area contributed by atoms with Crippen LogP contribution in [-0.2, 0) is 0 Å². The molecule has 0 atom stereocenters. The topological polar surface area (TPSA) is 101 Å². The van der Waals surface area contributed by atoms with Crippen LogP contribution in [-0.4, -0.2) is 28.3 Å². The van der Waals surface area contributed by atoms with Gasteiger partial charge in [-0.05, 0) is 25.7 Å². The molecule has 5 heteroatoms. The molecule has 0 heterocycles. The fourth-order valence-corrected chi connectivity index (χ4v) is 3.98. The first-order valence-electron chi connectivity index (χ1n) is 7.54. The van der Waals surface area contributed by atoms with Crippen molar-refractivity contribution in [2.75, 3.05) is 0 Å². The van der Waals surface area contributed by atoms with E-state index in [0.717, 1.165) is 51.4 Å². The minimum atomic E-state index is -1.00. The van der Waals surface area contributed by atoms with Crippen LogP contribution < -0.4 is 16.8 Å². The molecule has 5 nitrogen and oxygen atoms in total. The monoisotopic (exact) mass is 269 g/mol. The molecule has 2 rings (SSSR count). The molecule has 2 fully saturated rings. The van der Waals surface area contributed by atoms with Crippen molar-refractivity contribution in [3.8, 4) is 0 Å². The van der Waals surface area contributed by atoms with Crippen molar-refractivity contribution in [3.63, 3.8) is 0 Å². The summed E-state index contributed by atoms with van der Waals surface area (Å²) < 4.78 is 0. The van der Waals surface area contributed by atoms with Gasteiger partial charge in [0.25, 0.3) is 0 Å². The number of carboxylic acid groups (broad SMARTS) is 1. The Bertz CT molecular complexity index is 297. The number of amides is 1. The van der Waals surface area contributed by atoms with Crippen LogP contribution >= 0.6 is 0 Å². The quantitative estimate of drug-likeness (QED) is 0.629. The van der Waals surface area contributed by atoms with Crippen molar-refractivity contribution in [1.82, 2.24) is 5.32 Å². The van der Waals surface area contributed by atoms with Crippen molar-refractivity contribution >= 4 is 6.09 Å². The van der Waals surface area contributed by atoms with Crippen LogP contribution in [0.15, 0.2) is 0 Å². The van der Waals surface area contributed by atoms with E-state index < -0.39 is 17.2 Å². The van der Waals surface area contributed by atoms with E-state index in [9.17, 15) is 4.79 Å². The molecule has 1 amide bonds. The summed E-state index contributed by atoms with van der Waals surface area (Å²) in [5.41, 5.74) is 12.2. The van der Waals surface area contributed by atoms with Crippen molar-refractivity contribution < 1.29 is 9.90 Å². The van der Waals surface area contributed by atoms with Gasteiger partial charge >= 0.3 is 6.09 Å². The van der Waals surface area contributed by atoms with Gasteiger partial charge in [-0.3, -0.25) is 0 Å². The number of hydrogen-bond acceptors (Lipinski definition) is 3. The van der Waals surface area contributed by atoms with Crippen LogP contribution in [0.2, 0.25) is 0 Å². The molecule has 2 aliphatic carbocycles. The van der Waals surface area contributed by atoms with E-state index in [0.29, 0.717) is 0 Å². The molecule has 0 aromatic heterocycles. The average Bonchev–Trinajstić information content (AvgIpc) is 2.37. The Morgan fingerprint density at radius 1 is 0.895 bits per heavy atom. The molecule has 0 radical (unpaired) electrons. The highest BCUT2D eigenvalue weighted by molar-refractivity contribution is 5.65. The first-order valence-corrected chi connectivity index (χ1v) is 7.54.